The van der Waals surface area contributed by atoms with Crippen LogP contribution in [0.2, 0.25) is 0 Å². The first-order valence-corrected chi connectivity index (χ1v) is 9.07. The Bertz CT molecular complexity index is 1090. The summed E-state index contributed by atoms with van der Waals surface area (Å²) in [5.41, 5.74) is 2.41. The lowest BCUT2D eigenvalue weighted by Gasteiger charge is -2.35. The third-order valence-corrected chi connectivity index (χ3v) is 4.96. The minimum atomic E-state index is 0.0395. The molecule has 0 radical (unpaired) electrons. The molecule has 0 aliphatic carbocycles. The first-order valence-electron chi connectivity index (χ1n) is 9.07. The lowest BCUT2D eigenvalue weighted by atomic mass is 10.1. The summed E-state index contributed by atoms with van der Waals surface area (Å²) in [7, 11) is 0. The summed E-state index contributed by atoms with van der Waals surface area (Å²) in [5, 5.41) is 8.59. The number of aromatic amines is 1. The molecular formula is C19H18N8O. The number of nitrogens with one attached hydrogen (secondary N) is 1. The van der Waals surface area contributed by atoms with Gasteiger partial charge in [-0.1, -0.05) is 0 Å². The van der Waals surface area contributed by atoms with E-state index in [-0.39, 0.29) is 5.91 Å². The van der Waals surface area contributed by atoms with E-state index in [0.717, 1.165) is 35.8 Å². The molecular weight excluding hydrogens is 356 g/mol. The van der Waals surface area contributed by atoms with Gasteiger partial charge in [0.15, 0.2) is 11.6 Å². The first kappa shape index (κ1) is 16.4. The lowest BCUT2D eigenvalue weighted by Crippen LogP contribution is -2.49. The van der Waals surface area contributed by atoms with Gasteiger partial charge >= 0.3 is 0 Å². The lowest BCUT2D eigenvalue weighted by molar-refractivity contribution is 0.0746. The number of rotatable bonds is 3. The molecule has 0 bridgehead atoms. The number of piperazine rings is 1. The van der Waals surface area contributed by atoms with Crippen LogP contribution in [0.15, 0.2) is 55.4 Å². The van der Waals surface area contributed by atoms with E-state index in [0.29, 0.717) is 18.7 Å². The highest BCUT2D eigenvalue weighted by molar-refractivity contribution is 5.97. The van der Waals surface area contributed by atoms with E-state index in [4.69, 9.17) is 0 Å². The van der Waals surface area contributed by atoms with Crippen molar-refractivity contribution in [1.29, 1.82) is 0 Å². The molecule has 1 N–H and O–H groups in total. The van der Waals surface area contributed by atoms with Gasteiger partial charge in [0.05, 0.1) is 17.4 Å². The van der Waals surface area contributed by atoms with Crippen LogP contribution in [0.5, 0.6) is 0 Å². The quantitative estimate of drug-likeness (QED) is 0.584. The Morgan fingerprint density at radius 1 is 1.00 bits per heavy atom. The molecule has 5 rings (SSSR count). The third kappa shape index (κ3) is 2.96. The fraction of sp³-hybridized carbons (Fsp3) is 0.211. The number of anilines is 1. The predicted molar refractivity (Wildman–Crippen MR) is 103 cm³/mol. The number of nitrogens with zero attached hydrogens (tertiary/aromatic N) is 7. The monoisotopic (exact) mass is 374 g/mol. The van der Waals surface area contributed by atoms with E-state index in [9.17, 15) is 4.79 Å². The Hall–Kier alpha value is -3.75. The van der Waals surface area contributed by atoms with Gasteiger partial charge in [-0.3, -0.25) is 9.36 Å². The molecule has 1 fully saturated rings. The number of benzene rings is 1. The zero-order chi connectivity index (χ0) is 18.9. The van der Waals surface area contributed by atoms with E-state index in [1.54, 1.807) is 18.9 Å². The zero-order valence-electron chi connectivity index (χ0n) is 15.1. The van der Waals surface area contributed by atoms with Crippen LogP contribution in [0, 0.1) is 0 Å². The van der Waals surface area contributed by atoms with Crippen LogP contribution in [-0.2, 0) is 0 Å². The second kappa shape index (κ2) is 6.76. The van der Waals surface area contributed by atoms with Crippen LogP contribution in [0.4, 0.5) is 5.82 Å². The second-order valence-electron chi connectivity index (χ2n) is 6.63. The fourth-order valence-corrected chi connectivity index (χ4v) is 3.41. The average Bonchev–Trinajstić information content (AvgIpc) is 3.45. The number of hydrogen-bond acceptors (Lipinski definition) is 6. The van der Waals surface area contributed by atoms with Crippen LogP contribution in [0.25, 0.3) is 16.9 Å². The van der Waals surface area contributed by atoms with Crippen molar-refractivity contribution in [3.63, 3.8) is 0 Å². The molecule has 0 spiro atoms. The summed E-state index contributed by atoms with van der Waals surface area (Å²) >= 11 is 0. The van der Waals surface area contributed by atoms with Crippen LogP contribution >= 0.6 is 0 Å². The van der Waals surface area contributed by atoms with Crippen molar-refractivity contribution in [2.45, 2.75) is 0 Å². The summed E-state index contributed by atoms with van der Waals surface area (Å²) < 4.78 is 1.81. The van der Waals surface area contributed by atoms with Crippen LogP contribution in [0.3, 0.4) is 0 Å². The maximum Gasteiger partial charge on any atom is 0.254 e. The summed E-state index contributed by atoms with van der Waals surface area (Å²) in [6, 6.07) is 9.43. The molecule has 9 heteroatoms. The molecule has 4 heterocycles. The van der Waals surface area contributed by atoms with Gasteiger partial charge in [0.25, 0.3) is 5.91 Å². The number of carbonyl (C=O) groups is 1. The predicted octanol–water partition coefficient (Wildman–Crippen LogP) is 1.50. The van der Waals surface area contributed by atoms with Gasteiger partial charge in [-0.2, -0.15) is 0 Å². The van der Waals surface area contributed by atoms with Crippen molar-refractivity contribution < 1.29 is 4.79 Å². The molecule has 0 unspecified atom stereocenters. The summed E-state index contributed by atoms with van der Waals surface area (Å²) in [5.74, 6) is 1.58. The first-order chi connectivity index (χ1) is 13.8. The van der Waals surface area contributed by atoms with Gasteiger partial charge in [-0.15, -0.1) is 10.2 Å². The van der Waals surface area contributed by atoms with Crippen molar-refractivity contribution in [3.8, 4) is 5.82 Å². The molecule has 140 valence electrons. The van der Waals surface area contributed by atoms with E-state index in [1.807, 2.05) is 46.0 Å². The highest BCUT2D eigenvalue weighted by atomic mass is 16.2. The zero-order valence-corrected chi connectivity index (χ0v) is 15.1. The van der Waals surface area contributed by atoms with Crippen molar-refractivity contribution in [1.82, 2.24) is 34.6 Å². The molecule has 1 aliphatic rings. The largest absolute Gasteiger partial charge is 0.352 e. The van der Waals surface area contributed by atoms with E-state index in [2.05, 4.69) is 30.0 Å². The number of amides is 1. The third-order valence-electron chi connectivity index (χ3n) is 4.96. The molecule has 0 saturated carbocycles. The summed E-state index contributed by atoms with van der Waals surface area (Å²) in [4.78, 5) is 28.1. The Morgan fingerprint density at radius 2 is 1.82 bits per heavy atom. The molecule has 3 aromatic heterocycles. The fourth-order valence-electron chi connectivity index (χ4n) is 3.41. The number of carbonyl (C=O) groups excluding carboxylic acids is 1. The number of H-pyrrole nitrogens is 1. The molecule has 0 atom stereocenters. The molecule has 1 aliphatic heterocycles. The average molecular weight is 374 g/mol. The summed E-state index contributed by atoms with van der Waals surface area (Å²) in [6.45, 7) is 2.73. The molecule has 28 heavy (non-hydrogen) atoms. The number of hydrogen-bond donors (Lipinski definition) is 1. The van der Waals surface area contributed by atoms with Gasteiger partial charge in [0.1, 0.15) is 6.33 Å². The Labute approximate surface area is 160 Å². The van der Waals surface area contributed by atoms with Crippen LogP contribution in [0.1, 0.15) is 10.4 Å². The van der Waals surface area contributed by atoms with Gasteiger partial charge in [0, 0.05) is 44.1 Å². The maximum atomic E-state index is 12.8. The SMILES string of the molecule is O=C(c1ccc2nc[nH]c2c1)N1CCN(c2ccc(-n3ccnc3)nn2)CC1. The smallest absolute Gasteiger partial charge is 0.254 e. The maximum absolute atomic E-state index is 12.8. The van der Waals surface area contributed by atoms with Crippen LogP contribution < -0.4 is 4.90 Å². The van der Waals surface area contributed by atoms with Gasteiger partial charge in [-0.05, 0) is 30.3 Å². The normalized spacial score (nSPS) is 14.6. The van der Waals surface area contributed by atoms with Crippen molar-refractivity contribution in [3.05, 3.63) is 60.9 Å². The highest BCUT2D eigenvalue weighted by Gasteiger charge is 2.23. The minimum Gasteiger partial charge on any atom is -0.352 e. The standard InChI is InChI=1S/C19H18N8O/c28-19(14-1-2-15-16(11-14)22-12-21-15)26-9-7-25(8-10-26)17-3-4-18(24-23-17)27-6-5-20-13-27/h1-6,11-13H,7-10H2,(H,21,22). The molecule has 1 aromatic carbocycles. The van der Waals surface area contributed by atoms with Gasteiger partial charge in [-0.25, -0.2) is 9.97 Å². The number of fused-ring (bicyclic) bond motifs is 1. The van der Waals surface area contributed by atoms with Crippen LogP contribution in [-0.4, -0.2) is 66.7 Å². The molecule has 9 nitrogen and oxygen atoms in total. The Morgan fingerprint density at radius 3 is 2.57 bits per heavy atom. The highest BCUT2D eigenvalue weighted by Crippen LogP contribution is 2.17. The second-order valence-corrected chi connectivity index (χ2v) is 6.63. The van der Waals surface area contributed by atoms with E-state index >= 15 is 0 Å². The van der Waals surface area contributed by atoms with Gasteiger partial charge < -0.3 is 14.8 Å². The van der Waals surface area contributed by atoms with E-state index in [1.165, 1.54) is 0 Å². The minimum absolute atomic E-state index is 0.0395. The van der Waals surface area contributed by atoms with Crippen molar-refractivity contribution in [2.75, 3.05) is 31.1 Å². The number of aromatic nitrogens is 6. The topological polar surface area (TPSA) is 95.8 Å². The Kier molecular flexibility index (Phi) is 3.97. The molecule has 4 aromatic rings. The summed E-state index contributed by atoms with van der Waals surface area (Å²) in [6.07, 6.45) is 6.86. The van der Waals surface area contributed by atoms with Crippen molar-refractivity contribution in [2.24, 2.45) is 0 Å². The Balaban J connectivity index is 1.25. The van der Waals surface area contributed by atoms with Gasteiger partial charge in [0.2, 0.25) is 0 Å². The molecule has 1 saturated heterocycles. The van der Waals surface area contributed by atoms with Crippen molar-refractivity contribution >= 4 is 22.8 Å². The van der Waals surface area contributed by atoms with E-state index < -0.39 is 0 Å². The molecule has 1 amide bonds. The number of imidazole rings is 2.